The molecule has 1 aromatic rings. The predicted molar refractivity (Wildman–Crippen MR) is 62.0 cm³/mol. The number of fused-ring (bicyclic) bond motifs is 1. The highest BCUT2D eigenvalue weighted by Crippen LogP contribution is 2.40. The molecule has 0 aliphatic carbocycles. The lowest BCUT2D eigenvalue weighted by atomic mass is 10.1. The molecule has 2 atom stereocenters. The molecule has 4 nitrogen and oxygen atoms in total. The van der Waals surface area contributed by atoms with Gasteiger partial charge in [0.05, 0.1) is 0 Å². The van der Waals surface area contributed by atoms with Crippen LogP contribution < -0.4 is 5.43 Å². The van der Waals surface area contributed by atoms with Crippen molar-refractivity contribution in [2.24, 2.45) is 0 Å². The van der Waals surface area contributed by atoms with Gasteiger partial charge in [-0.15, -0.1) is 11.8 Å². The first kappa shape index (κ1) is 9.72. The van der Waals surface area contributed by atoms with Gasteiger partial charge in [-0.05, 0) is 0 Å². The third kappa shape index (κ3) is 1.31. The van der Waals surface area contributed by atoms with E-state index >= 15 is 0 Å². The fraction of sp³-hybridized carbons (Fsp3) is 0.273. The van der Waals surface area contributed by atoms with Crippen LogP contribution in [0.2, 0.25) is 0 Å². The Labute approximate surface area is 96.6 Å². The number of hydrogen-bond acceptors (Lipinski definition) is 3. The van der Waals surface area contributed by atoms with Crippen LogP contribution in [0.25, 0.3) is 0 Å². The van der Waals surface area contributed by atoms with Crippen molar-refractivity contribution < 1.29 is 4.79 Å². The van der Waals surface area contributed by atoms with Crippen molar-refractivity contribution in [3.05, 3.63) is 47.0 Å². The molecule has 0 saturated carbocycles. The molecule has 0 bridgehead atoms. The Morgan fingerprint density at radius 2 is 2.00 bits per heavy atom. The van der Waals surface area contributed by atoms with E-state index in [0.717, 1.165) is 5.75 Å². The number of aromatic nitrogens is 1. The van der Waals surface area contributed by atoms with Gasteiger partial charge in [-0.3, -0.25) is 9.59 Å². The minimum Gasteiger partial charge on any atom is -0.339 e. The second-order valence-electron chi connectivity index (χ2n) is 3.78. The zero-order chi connectivity index (χ0) is 11.1. The van der Waals surface area contributed by atoms with Gasteiger partial charge >= 0.3 is 0 Å². The Bertz CT molecular complexity index is 502. The van der Waals surface area contributed by atoms with E-state index in [1.165, 1.54) is 12.1 Å². The first-order valence-corrected chi connectivity index (χ1v) is 6.10. The maximum atomic E-state index is 11.8. The van der Waals surface area contributed by atoms with Crippen LogP contribution in [0.15, 0.2) is 41.6 Å². The highest BCUT2D eigenvalue weighted by atomic mass is 32.2. The van der Waals surface area contributed by atoms with E-state index in [9.17, 15) is 9.59 Å². The number of amides is 1. The maximum absolute atomic E-state index is 11.8. The Morgan fingerprint density at radius 1 is 1.25 bits per heavy atom. The summed E-state index contributed by atoms with van der Waals surface area (Å²) in [6.07, 6.45) is 7.20. The molecular formula is C11H10N2O2S. The molecule has 3 rings (SSSR count). The van der Waals surface area contributed by atoms with Crippen molar-refractivity contribution in [3.63, 3.8) is 0 Å². The van der Waals surface area contributed by atoms with Gasteiger partial charge in [-0.25, -0.2) is 0 Å². The number of nitrogens with zero attached hydrogens (tertiary/aromatic N) is 2. The van der Waals surface area contributed by atoms with Gasteiger partial charge in [0.1, 0.15) is 11.4 Å². The van der Waals surface area contributed by atoms with Gasteiger partial charge in [0.15, 0.2) is 5.43 Å². The SMILES string of the molecule is O=C1C(n2ccc(=O)cc2)[C@H]2SCC=CN12. The third-order valence-corrected chi connectivity index (χ3v) is 4.04. The van der Waals surface area contributed by atoms with Gasteiger partial charge in [0.25, 0.3) is 5.91 Å². The second-order valence-corrected chi connectivity index (χ2v) is 4.93. The molecule has 5 heteroatoms. The van der Waals surface area contributed by atoms with E-state index in [1.54, 1.807) is 29.1 Å². The molecule has 1 aromatic heterocycles. The summed E-state index contributed by atoms with van der Waals surface area (Å²) in [6.45, 7) is 0. The van der Waals surface area contributed by atoms with Crippen molar-refractivity contribution in [2.75, 3.05) is 5.75 Å². The van der Waals surface area contributed by atoms with Gasteiger partial charge < -0.3 is 9.47 Å². The number of thioether (sulfide) groups is 1. The number of β-lactam (4-membered cyclic amide) rings is 1. The first-order valence-electron chi connectivity index (χ1n) is 5.05. The molecule has 82 valence electrons. The van der Waals surface area contributed by atoms with Crippen molar-refractivity contribution in [1.82, 2.24) is 9.47 Å². The number of rotatable bonds is 1. The third-order valence-electron chi connectivity index (χ3n) is 2.82. The first-order chi connectivity index (χ1) is 7.77. The van der Waals surface area contributed by atoms with Gasteiger partial charge in [-0.1, -0.05) is 6.08 Å². The zero-order valence-electron chi connectivity index (χ0n) is 8.45. The molecule has 16 heavy (non-hydrogen) atoms. The number of carbonyl (C=O) groups excluding carboxylic acids is 1. The van der Waals surface area contributed by atoms with Crippen LogP contribution in [-0.4, -0.2) is 26.5 Å². The summed E-state index contributed by atoms with van der Waals surface area (Å²) in [7, 11) is 0. The van der Waals surface area contributed by atoms with Crippen molar-refractivity contribution in [2.45, 2.75) is 11.4 Å². The molecule has 1 fully saturated rings. The minimum absolute atomic E-state index is 0.0314. The number of pyridine rings is 1. The zero-order valence-corrected chi connectivity index (χ0v) is 9.26. The van der Waals surface area contributed by atoms with E-state index in [-0.39, 0.29) is 22.8 Å². The number of carbonyl (C=O) groups is 1. The van der Waals surface area contributed by atoms with Crippen LogP contribution in [-0.2, 0) is 4.79 Å². The quantitative estimate of drug-likeness (QED) is 0.676. The minimum atomic E-state index is -0.157. The van der Waals surface area contributed by atoms with Crippen LogP contribution in [0.5, 0.6) is 0 Å². The number of hydrogen-bond donors (Lipinski definition) is 0. The van der Waals surface area contributed by atoms with E-state index in [2.05, 4.69) is 0 Å². The molecule has 1 unspecified atom stereocenters. The van der Waals surface area contributed by atoms with Crippen LogP contribution in [0.4, 0.5) is 0 Å². The van der Waals surface area contributed by atoms with Crippen LogP contribution >= 0.6 is 11.8 Å². The smallest absolute Gasteiger partial charge is 0.253 e. The predicted octanol–water partition coefficient (Wildman–Crippen LogP) is 0.818. The Kier molecular flexibility index (Phi) is 2.14. The van der Waals surface area contributed by atoms with E-state index in [1.807, 2.05) is 16.8 Å². The molecule has 0 aromatic carbocycles. The summed E-state index contributed by atoms with van der Waals surface area (Å²) in [5.41, 5.74) is -0.0314. The van der Waals surface area contributed by atoms with Crippen molar-refractivity contribution >= 4 is 17.7 Å². The molecule has 2 aliphatic heterocycles. The molecule has 0 N–H and O–H groups in total. The van der Waals surface area contributed by atoms with Gasteiger partial charge in [0.2, 0.25) is 0 Å². The fourth-order valence-electron chi connectivity index (χ4n) is 2.00. The summed E-state index contributed by atoms with van der Waals surface area (Å²) < 4.78 is 1.82. The Morgan fingerprint density at radius 3 is 2.75 bits per heavy atom. The summed E-state index contributed by atoms with van der Waals surface area (Å²) in [4.78, 5) is 24.6. The largest absolute Gasteiger partial charge is 0.339 e. The molecule has 1 saturated heterocycles. The van der Waals surface area contributed by atoms with Crippen LogP contribution in [0.3, 0.4) is 0 Å². The molecule has 2 aliphatic rings. The van der Waals surface area contributed by atoms with E-state index < -0.39 is 0 Å². The highest BCUT2D eigenvalue weighted by Gasteiger charge is 2.48. The Balaban J connectivity index is 1.92. The topological polar surface area (TPSA) is 42.3 Å². The summed E-state index contributed by atoms with van der Waals surface area (Å²) in [5.74, 6) is 1.03. The lowest BCUT2D eigenvalue weighted by molar-refractivity contribution is -0.144. The fourth-order valence-corrected chi connectivity index (χ4v) is 3.16. The van der Waals surface area contributed by atoms with Gasteiger partial charge in [0, 0.05) is 36.5 Å². The molecule has 0 spiro atoms. The summed E-state index contributed by atoms with van der Waals surface area (Å²) in [6, 6.07) is 2.81. The molecular weight excluding hydrogens is 224 g/mol. The normalized spacial score (nSPS) is 27.5. The van der Waals surface area contributed by atoms with E-state index in [4.69, 9.17) is 0 Å². The molecule has 1 amide bonds. The van der Waals surface area contributed by atoms with E-state index in [0.29, 0.717) is 0 Å². The van der Waals surface area contributed by atoms with Gasteiger partial charge in [-0.2, -0.15) is 0 Å². The molecule has 3 heterocycles. The lowest BCUT2D eigenvalue weighted by Crippen LogP contribution is -2.57. The van der Waals surface area contributed by atoms with Crippen molar-refractivity contribution in [3.8, 4) is 0 Å². The summed E-state index contributed by atoms with van der Waals surface area (Å²) in [5, 5.41) is 0.181. The maximum Gasteiger partial charge on any atom is 0.253 e. The summed E-state index contributed by atoms with van der Waals surface area (Å²) >= 11 is 1.74. The van der Waals surface area contributed by atoms with Crippen LogP contribution in [0, 0.1) is 0 Å². The van der Waals surface area contributed by atoms with Crippen molar-refractivity contribution in [1.29, 1.82) is 0 Å². The second kappa shape index (κ2) is 3.52. The Hall–Kier alpha value is -1.49. The average Bonchev–Trinajstić information content (AvgIpc) is 2.31. The monoisotopic (exact) mass is 234 g/mol. The average molecular weight is 234 g/mol. The molecule has 0 radical (unpaired) electrons. The highest BCUT2D eigenvalue weighted by molar-refractivity contribution is 8.00. The standard InChI is InChI=1S/C11H10N2O2S/c14-8-2-5-12(6-3-8)9-10(15)13-4-1-7-16-11(9)13/h1-6,9,11H,7H2/t9?,11-/m1/s1. The lowest BCUT2D eigenvalue weighted by Gasteiger charge is -2.47. The van der Waals surface area contributed by atoms with Crippen LogP contribution in [0.1, 0.15) is 6.04 Å².